The molecule has 0 aliphatic heterocycles. The number of nitrogens with one attached hydrogen (secondary N) is 2. The number of halogens is 1. The molecule has 2 heterocycles. The van der Waals surface area contributed by atoms with Crippen molar-refractivity contribution >= 4 is 27.8 Å². The SMILES string of the molecule is Cc1[nH]c2c(F)ccc(C)c2c1CCNC(=O)c1cc2ccccc2o1. The minimum absolute atomic E-state index is 0.249. The molecule has 0 aliphatic rings. The molecular weight excluding hydrogens is 331 g/mol. The molecule has 4 nitrogen and oxygen atoms in total. The van der Waals surface area contributed by atoms with Crippen molar-refractivity contribution in [3.63, 3.8) is 0 Å². The highest BCUT2D eigenvalue weighted by Crippen LogP contribution is 2.28. The number of carbonyl (C=O) groups excluding carboxylic acids is 1. The number of aryl methyl sites for hydroxylation is 2. The first-order chi connectivity index (χ1) is 12.5. The van der Waals surface area contributed by atoms with Gasteiger partial charge in [0.25, 0.3) is 5.91 Å². The second-order valence-electron chi connectivity index (χ2n) is 6.50. The predicted octanol–water partition coefficient (Wildman–Crippen LogP) is 4.64. The van der Waals surface area contributed by atoms with E-state index in [1.807, 2.05) is 38.1 Å². The average Bonchev–Trinajstić information content (AvgIpc) is 3.20. The van der Waals surface area contributed by atoms with E-state index in [0.29, 0.717) is 29.8 Å². The Kier molecular flexibility index (Phi) is 3.99. The Balaban J connectivity index is 1.51. The minimum atomic E-state index is -0.258. The van der Waals surface area contributed by atoms with Crippen LogP contribution >= 0.6 is 0 Å². The van der Waals surface area contributed by atoms with Gasteiger partial charge >= 0.3 is 0 Å². The fourth-order valence-electron chi connectivity index (χ4n) is 3.44. The first-order valence-electron chi connectivity index (χ1n) is 8.57. The Morgan fingerprint density at radius 3 is 2.81 bits per heavy atom. The van der Waals surface area contributed by atoms with Crippen molar-refractivity contribution in [3.8, 4) is 0 Å². The lowest BCUT2D eigenvalue weighted by Crippen LogP contribution is -2.25. The van der Waals surface area contributed by atoms with Gasteiger partial charge in [-0.3, -0.25) is 4.79 Å². The van der Waals surface area contributed by atoms with Gasteiger partial charge < -0.3 is 14.7 Å². The molecule has 5 heteroatoms. The van der Waals surface area contributed by atoms with Crippen molar-refractivity contribution in [2.24, 2.45) is 0 Å². The Morgan fingerprint density at radius 1 is 1.19 bits per heavy atom. The Morgan fingerprint density at radius 2 is 2.00 bits per heavy atom. The highest BCUT2D eigenvalue weighted by atomic mass is 19.1. The molecule has 0 atom stereocenters. The van der Waals surface area contributed by atoms with Gasteiger partial charge in [0, 0.05) is 23.0 Å². The van der Waals surface area contributed by atoms with Gasteiger partial charge in [0.2, 0.25) is 0 Å². The summed E-state index contributed by atoms with van der Waals surface area (Å²) in [6.45, 7) is 4.33. The molecule has 0 bridgehead atoms. The lowest BCUT2D eigenvalue weighted by atomic mass is 10.0. The molecule has 132 valence electrons. The quantitative estimate of drug-likeness (QED) is 0.563. The third kappa shape index (κ3) is 2.75. The maximum atomic E-state index is 14.0. The number of amides is 1. The van der Waals surface area contributed by atoms with E-state index >= 15 is 0 Å². The number of rotatable bonds is 4. The van der Waals surface area contributed by atoms with E-state index in [4.69, 9.17) is 4.42 Å². The molecule has 4 aromatic rings. The normalized spacial score (nSPS) is 11.3. The average molecular weight is 350 g/mol. The summed E-state index contributed by atoms with van der Waals surface area (Å²) >= 11 is 0. The summed E-state index contributed by atoms with van der Waals surface area (Å²) < 4.78 is 19.6. The third-order valence-electron chi connectivity index (χ3n) is 4.74. The summed E-state index contributed by atoms with van der Waals surface area (Å²) in [6, 6.07) is 12.5. The van der Waals surface area contributed by atoms with Crippen LogP contribution < -0.4 is 5.32 Å². The summed E-state index contributed by atoms with van der Waals surface area (Å²) in [5, 5.41) is 4.69. The van der Waals surface area contributed by atoms with Crippen molar-refractivity contribution in [3.05, 3.63) is 70.9 Å². The van der Waals surface area contributed by atoms with Crippen LogP contribution in [0.25, 0.3) is 21.9 Å². The van der Waals surface area contributed by atoms with Crippen LogP contribution in [0.15, 0.2) is 46.9 Å². The second kappa shape index (κ2) is 6.33. The van der Waals surface area contributed by atoms with Crippen LogP contribution in [0.2, 0.25) is 0 Å². The Hall–Kier alpha value is -3.08. The van der Waals surface area contributed by atoms with Gasteiger partial charge in [-0.05, 0) is 49.6 Å². The van der Waals surface area contributed by atoms with Crippen LogP contribution in [-0.4, -0.2) is 17.4 Å². The van der Waals surface area contributed by atoms with Crippen molar-refractivity contribution in [2.75, 3.05) is 6.54 Å². The number of hydrogen-bond donors (Lipinski definition) is 2. The number of furan rings is 1. The van der Waals surface area contributed by atoms with Crippen LogP contribution in [0.1, 0.15) is 27.4 Å². The Bertz CT molecular complexity index is 1090. The topological polar surface area (TPSA) is 58.0 Å². The highest BCUT2D eigenvalue weighted by Gasteiger charge is 2.15. The van der Waals surface area contributed by atoms with Gasteiger partial charge in [-0.25, -0.2) is 4.39 Å². The number of aromatic nitrogens is 1. The molecule has 0 aliphatic carbocycles. The fraction of sp³-hybridized carbons (Fsp3) is 0.190. The van der Waals surface area contributed by atoms with Crippen molar-refractivity contribution in [2.45, 2.75) is 20.3 Å². The molecular formula is C21H19FN2O2. The molecule has 2 aromatic carbocycles. The molecule has 4 rings (SSSR count). The lowest BCUT2D eigenvalue weighted by Gasteiger charge is -2.06. The molecule has 1 amide bonds. The van der Waals surface area contributed by atoms with Crippen LogP contribution in [0, 0.1) is 19.7 Å². The minimum Gasteiger partial charge on any atom is -0.451 e. The first kappa shape index (κ1) is 16.4. The molecule has 26 heavy (non-hydrogen) atoms. The van der Waals surface area contributed by atoms with Gasteiger partial charge in [0.1, 0.15) is 11.4 Å². The summed E-state index contributed by atoms with van der Waals surface area (Å²) in [7, 11) is 0. The third-order valence-corrected chi connectivity index (χ3v) is 4.74. The first-order valence-corrected chi connectivity index (χ1v) is 8.57. The van der Waals surface area contributed by atoms with E-state index in [-0.39, 0.29) is 11.7 Å². The lowest BCUT2D eigenvalue weighted by molar-refractivity contribution is 0.0928. The van der Waals surface area contributed by atoms with Crippen LogP contribution in [0.5, 0.6) is 0 Å². The summed E-state index contributed by atoms with van der Waals surface area (Å²) in [5.74, 6) is -0.211. The zero-order valence-corrected chi connectivity index (χ0v) is 14.7. The second-order valence-corrected chi connectivity index (χ2v) is 6.50. The standard InChI is InChI=1S/C21H19FN2O2/c1-12-7-8-16(22)20-19(12)15(13(2)24-20)9-10-23-21(25)18-11-14-5-3-4-6-17(14)26-18/h3-8,11,24H,9-10H2,1-2H3,(H,23,25). The highest BCUT2D eigenvalue weighted by molar-refractivity contribution is 5.96. The maximum Gasteiger partial charge on any atom is 0.287 e. The summed E-state index contributed by atoms with van der Waals surface area (Å²) in [6.07, 6.45) is 0.613. The number of aromatic amines is 1. The molecule has 0 saturated heterocycles. The zero-order valence-electron chi connectivity index (χ0n) is 14.7. The van der Waals surface area contributed by atoms with Gasteiger partial charge in [0.05, 0.1) is 5.52 Å². The van der Waals surface area contributed by atoms with Crippen LogP contribution in [-0.2, 0) is 6.42 Å². The zero-order chi connectivity index (χ0) is 18.3. The van der Waals surface area contributed by atoms with Crippen molar-refractivity contribution in [1.82, 2.24) is 10.3 Å². The number of H-pyrrole nitrogens is 1. The van der Waals surface area contributed by atoms with Crippen LogP contribution in [0.3, 0.4) is 0 Å². The molecule has 0 radical (unpaired) electrons. The number of para-hydroxylation sites is 1. The van der Waals surface area contributed by atoms with E-state index in [9.17, 15) is 9.18 Å². The van der Waals surface area contributed by atoms with E-state index in [1.54, 1.807) is 12.1 Å². The van der Waals surface area contributed by atoms with Gasteiger partial charge in [-0.2, -0.15) is 0 Å². The van der Waals surface area contributed by atoms with Gasteiger partial charge in [0.15, 0.2) is 5.76 Å². The van der Waals surface area contributed by atoms with Crippen LogP contribution in [0.4, 0.5) is 4.39 Å². The van der Waals surface area contributed by atoms with Gasteiger partial charge in [-0.1, -0.05) is 24.3 Å². The Labute approximate surface area is 150 Å². The largest absolute Gasteiger partial charge is 0.451 e. The van der Waals surface area contributed by atoms with E-state index in [0.717, 1.165) is 27.6 Å². The summed E-state index contributed by atoms with van der Waals surface area (Å²) in [4.78, 5) is 15.5. The maximum absolute atomic E-state index is 14.0. The molecule has 0 unspecified atom stereocenters. The molecule has 0 saturated carbocycles. The summed E-state index contributed by atoms with van der Waals surface area (Å²) in [5.41, 5.74) is 4.19. The number of benzene rings is 2. The molecule has 2 N–H and O–H groups in total. The smallest absolute Gasteiger partial charge is 0.287 e. The monoisotopic (exact) mass is 350 g/mol. The number of fused-ring (bicyclic) bond motifs is 2. The number of hydrogen-bond acceptors (Lipinski definition) is 2. The van der Waals surface area contributed by atoms with Crippen molar-refractivity contribution in [1.29, 1.82) is 0 Å². The molecule has 0 fully saturated rings. The molecule has 2 aromatic heterocycles. The predicted molar refractivity (Wildman–Crippen MR) is 100.0 cm³/mol. The fourth-order valence-corrected chi connectivity index (χ4v) is 3.44. The van der Waals surface area contributed by atoms with Gasteiger partial charge in [-0.15, -0.1) is 0 Å². The molecule has 0 spiro atoms. The number of carbonyl (C=O) groups is 1. The van der Waals surface area contributed by atoms with E-state index in [2.05, 4.69) is 10.3 Å². The van der Waals surface area contributed by atoms with Crippen molar-refractivity contribution < 1.29 is 13.6 Å². The van der Waals surface area contributed by atoms with E-state index in [1.165, 1.54) is 6.07 Å². The van der Waals surface area contributed by atoms with E-state index < -0.39 is 0 Å².